The van der Waals surface area contributed by atoms with Gasteiger partial charge in [0.05, 0.1) is 7.11 Å². The molecule has 0 fully saturated rings. The molecule has 0 aliphatic heterocycles. The first-order chi connectivity index (χ1) is 12.4. The fourth-order valence-electron chi connectivity index (χ4n) is 2.55. The van der Waals surface area contributed by atoms with E-state index in [2.05, 4.69) is 0 Å². The zero-order valence-electron chi connectivity index (χ0n) is 14.3. The number of methoxy groups -OCH3 is 1. The minimum absolute atomic E-state index is 0.0334. The molecule has 3 aromatic rings. The molecule has 2 aromatic carbocycles. The molecule has 1 aromatic heterocycles. The van der Waals surface area contributed by atoms with Crippen LogP contribution in [0.1, 0.15) is 11.3 Å². The molecule has 1 N–H and O–H groups in total. The van der Waals surface area contributed by atoms with Gasteiger partial charge in [-0.3, -0.25) is 4.55 Å². The van der Waals surface area contributed by atoms with Crippen molar-refractivity contribution in [1.82, 2.24) is 0 Å². The Morgan fingerprint density at radius 1 is 0.962 bits per heavy atom. The first-order valence-electron chi connectivity index (χ1n) is 7.81. The van der Waals surface area contributed by atoms with Crippen molar-refractivity contribution in [2.45, 2.75) is 18.6 Å². The number of ether oxygens (including phenoxy) is 2. The minimum atomic E-state index is -4.42. The lowest BCUT2D eigenvalue weighted by Crippen LogP contribution is -2.03. The molecule has 1 heterocycles. The topological polar surface area (TPSA) is 86.0 Å². The van der Waals surface area contributed by atoms with E-state index in [1.54, 1.807) is 26.2 Å². The lowest BCUT2D eigenvalue weighted by molar-refractivity contribution is 0.293. The first-order valence-corrected chi connectivity index (χ1v) is 9.25. The Hall–Kier alpha value is -2.77. The van der Waals surface area contributed by atoms with Gasteiger partial charge in [0.2, 0.25) is 0 Å². The molecular weight excluding hydrogens is 356 g/mol. The smallest absolute Gasteiger partial charge is 0.328 e. The summed E-state index contributed by atoms with van der Waals surface area (Å²) in [4.78, 5) is 0. The SMILES string of the molecule is COc1ccc(-c2ccc(OCc3cc(C)oc3S(=O)(=O)O)cc2)cc1. The van der Waals surface area contributed by atoms with Crippen LogP contribution in [0.3, 0.4) is 0 Å². The van der Waals surface area contributed by atoms with E-state index >= 15 is 0 Å². The van der Waals surface area contributed by atoms with E-state index in [9.17, 15) is 13.0 Å². The predicted octanol–water partition coefficient (Wildman–Crippen LogP) is 4.09. The zero-order chi connectivity index (χ0) is 18.7. The molecule has 0 aliphatic carbocycles. The van der Waals surface area contributed by atoms with E-state index in [0.29, 0.717) is 11.5 Å². The Kier molecular flexibility index (Phi) is 5.01. The number of benzene rings is 2. The van der Waals surface area contributed by atoms with E-state index in [1.807, 2.05) is 36.4 Å². The van der Waals surface area contributed by atoms with Crippen LogP contribution in [-0.4, -0.2) is 20.1 Å². The van der Waals surface area contributed by atoms with Crippen LogP contribution in [0.25, 0.3) is 11.1 Å². The van der Waals surface area contributed by atoms with Gasteiger partial charge in [0, 0.05) is 5.56 Å². The Labute approximate surface area is 151 Å². The number of hydrogen-bond acceptors (Lipinski definition) is 5. The summed E-state index contributed by atoms with van der Waals surface area (Å²) in [7, 11) is -2.80. The highest BCUT2D eigenvalue weighted by Crippen LogP contribution is 2.26. The van der Waals surface area contributed by atoms with Gasteiger partial charge in [0.25, 0.3) is 5.09 Å². The Morgan fingerprint density at radius 2 is 1.50 bits per heavy atom. The average molecular weight is 374 g/mol. The van der Waals surface area contributed by atoms with Gasteiger partial charge < -0.3 is 13.9 Å². The van der Waals surface area contributed by atoms with Crippen LogP contribution in [0, 0.1) is 6.92 Å². The van der Waals surface area contributed by atoms with Crippen molar-refractivity contribution < 1.29 is 26.9 Å². The molecule has 7 heteroatoms. The molecular formula is C19H18O6S. The highest BCUT2D eigenvalue weighted by atomic mass is 32.2. The monoisotopic (exact) mass is 374 g/mol. The Balaban J connectivity index is 1.72. The average Bonchev–Trinajstić information content (AvgIpc) is 3.02. The lowest BCUT2D eigenvalue weighted by atomic mass is 10.1. The summed E-state index contributed by atoms with van der Waals surface area (Å²) < 4.78 is 47.6. The third-order valence-corrected chi connectivity index (χ3v) is 4.61. The summed E-state index contributed by atoms with van der Waals surface area (Å²) in [5.41, 5.74) is 2.32. The summed E-state index contributed by atoms with van der Waals surface area (Å²) in [6.45, 7) is 1.57. The van der Waals surface area contributed by atoms with Crippen LogP contribution in [0.15, 0.2) is 64.1 Å². The Morgan fingerprint density at radius 3 is 2.00 bits per heavy atom. The van der Waals surface area contributed by atoms with Gasteiger partial charge in [0.15, 0.2) is 0 Å². The highest BCUT2D eigenvalue weighted by molar-refractivity contribution is 7.85. The van der Waals surface area contributed by atoms with E-state index in [-0.39, 0.29) is 12.2 Å². The summed E-state index contributed by atoms with van der Waals surface area (Å²) in [5, 5.41) is -0.482. The third-order valence-electron chi connectivity index (χ3n) is 3.80. The second kappa shape index (κ2) is 7.23. The first kappa shape index (κ1) is 18.0. The van der Waals surface area contributed by atoms with Gasteiger partial charge in [-0.2, -0.15) is 8.42 Å². The fourth-order valence-corrected chi connectivity index (χ4v) is 3.24. The Bertz CT molecular complexity index is 986. The van der Waals surface area contributed by atoms with Gasteiger partial charge in [0.1, 0.15) is 23.9 Å². The van der Waals surface area contributed by atoms with Gasteiger partial charge in [-0.15, -0.1) is 0 Å². The molecule has 0 radical (unpaired) electrons. The molecule has 0 saturated carbocycles. The molecule has 0 unspecified atom stereocenters. The molecule has 0 amide bonds. The maximum absolute atomic E-state index is 11.3. The summed E-state index contributed by atoms with van der Waals surface area (Å²) >= 11 is 0. The van der Waals surface area contributed by atoms with Gasteiger partial charge >= 0.3 is 10.1 Å². The van der Waals surface area contributed by atoms with E-state index in [0.717, 1.165) is 16.9 Å². The highest BCUT2D eigenvalue weighted by Gasteiger charge is 2.21. The van der Waals surface area contributed by atoms with Crippen molar-refractivity contribution in [1.29, 1.82) is 0 Å². The summed E-state index contributed by atoms with van der Waals surface area (Å²) in [6, 6.07) is 16.6. The summed E-state index contributed by atoms with van der Waals surface area (Å²) in [5.74, 6) is 1.74. The quantitative estimate of drug-likeness (QED) is 0.654. The standard InChI is InChI=1S/C19H18O6S/c1-13-11-16(19(25-13)26(20,21)22)12-24-18-9-5-15(6-10-18)14-3-7-17(23-2)8-4-14/h3-11H,12H2,1-2H3,(H,20,21,22). The van der Waals surface area contributed by atoms with Crippen LogP contribution in [0.4, 0.5) is 0 Å². The molecule has 0 spiro atoms. The molecule has 26 heavy (non-hydrogen) atoms. The molecule has 0 aliphatic rings. The van der Waals surface area contributed by atoms with Crippen LogP contribution < -0.4 is 9.47 Å². The lowest BCUT2D eigenvalue weighted by Gasteiger charge is -2.08. The van der Waals surface area contributed by atoms with E-state index in [4.69, 9.17) is 13.9 Å². The molecule has 0 saturated heterocycles. The maximum atomic E-state index is 11.3. The molecule has 3 rings (SSSR count). The second-order valence-electron chi connectivity index (χ2n) is 5.69. The number of rotatable bonds is 6. The van der Waals surface area contributed by atoms with Crippen LogP contribution in [0.2, 0.25) is 0 Å². The van der Waals surface area contributed by atoms with Crippen LogP contribution in [-0.2, 0) is 16.7 Å². The van der Waals surface area contributed by atoms with Crippen molar-refractivity contribution in [3.05, 3.63) is 65.9 Å². The van der Waals surface area contributed by atoms with Gasteiger partial charge in [-0.05, 0) is 48.4 Å². The molecule has 6 nitrogen and oxygen atoms in total. The third kappa shape index (κ3) is 4.07. The predicted molar refractivity (Wildman–Crippen MR) is 96.0 cm³/mol. The van der Waals surface area contributed by atoms with Crippen molar-refractivity contribution in [2.24, 2.45) is 0 Å². The number of aryl methyl sites for hydroxylation is 1. The normalized spacial score (nSPS) is 11.3. The van der Waals surface area contributed by atoms with Crippen molar-refractivity contribution in [3.63, 3.8) is 0 Å². The van der Waals surface area contributed by atoms with Crippen LogP contribution >= 0.6 is 0 Å². The molecule has 0 bridgehead atoms. The minimum Gasteiger partial charge on any atom is -0.497 e. The fraction of sp³-hybridized carbons (Fsp3) is 0.158. The number of furan rings is 1. The van der Waals surface area contributed by atoms with Crippen LogP contribution in [0.5, 0.6) is 11.5 Å². The second-order valence-corrected chi connectivity index (χ2v) is 7.01. The summed E-state index contributed by atoms with van der Waals surface area (Å²) in [6.07, 6.45) is 0. The van der Waals surface area contributed by atoms with E-state index in [1.165, 1.54) is 6.07 Å². The van der Waals surface area contributed by atoms with Crippen molar-refractivity contribution >= 4 is 10.1 Å². The molecule has 0 atom stereocenters. The largest absolute Gasteiger partial charge is 0.497 e. The van der Waals surface area contributed by atoms with E-state index < -0.39 is 15.2 Å². The molecule has 136 valence electrons. The maximum Gasteiger partial charge on any atom is 0.328 e. The number of hydrogen-bond donors (Lipinski definition) is 1. The van der Waals surface area contributed by atoms with Crippen molar-refractivity contribution in [3.8, 4) is 22.6 Å². The zero-order valence-corrected chi connectivity index (χ0v) is 15.1. The van der Waals surface area contributed by atoms with Crippen molar-refractivity contribution in [2.75, 3.05) is 7.11 Å². The van der Waals surface area contributed by atoms with Gasteiger partial charge in [-0.25, -0.2) is 0 Å². The van der Waals surface area contributed by atoms with Gasteiger partial charge in [-0.1, -0.05) is 24.3 Å².